The average Bonchev–Trinajstić information content (AvgIpc) is 3.06. The molecule has 1 aliphatic rings. The number of hydrogen-bond acceptors (Lipinski definition) is 4. The number of carbonyl (C=O) groups excluding carboxylic acids is 1. The summed E-state index contributed by atoms with van der Waals surface area (Å²) in [6, 6.07) is 9.70. The van der Waals surface area contributed by atoms with E-state index in [1.807, 2.05) is 30.3 Å². The molecular weight excluding hydrogens is 276 g/mol. The molecule has 0 saturated heterocycles. The van der Waals surface area contributed by atoms with E-state index < -0.39 is 0 Å². The van der Waals surface area contributed by atoms with Crippen LogP contribution in [0.4, 0.5) is 0 Å². The van der Waals surface area contributed by atoms with Gasteiger partial charge in [0.15, 0.2) is 17.4 Å². The molecule has 0 aliphatic heterocycles. The van der Waals surface area contributed by atoms with E-state index in [2.05, 4.69) is 20.2 Å². The van der Waals surface area contributed by atoms with Crippen molar-refractivity contribution in [3.8, 4) is 22.8 Å². The summed E-state index contributed by atoms with van der Waals surface area (Å²) in [4.78, 5) is 20.6. The summed E-state index contributed by atoms with van der Waals surface area (Å²) in [5.41, 5.74) is 3.70. The summed E-state index contributed by atoms with van der Waals surface area (Å²) in [5.74, 6) is 1.49. The van der Waals surface area contributed by atoms with Crippen LogP contribution in [0.2, 0.25) is 0 Å². The summed E-state index contributed by atoms with van der Waals surface area (Å²) in [5, 5.41) is 7.17. The number of nitrogens with one attached hydrogen (secondary N) is 1. The van der Waals surface area contributed by atoms with Crippen molar-refractivity contribution in [2.45, 2.75) is 19.3 Å². The van der Waals surface area contributed by atoms with Gasteiger partial charge in [-0.3, -0.25) is 14.9 Å². The van der Waals surface area contributed by atoms with E-state index in [1.165, 1.54) is 0 Å². The molecule has 5 nitrogen and oxygen atoms in total. The molecular formula is C17H14N4O. The molecule has 0 amide bonds. The van der Waals surface area contributed by atoms with Crippen molar-refractivity contribution in [1.82, 2.24) is 20.2 Å². The predicted octanol–water partition coefficient (Wildman–Crippen LogP) is 3.05. The van der Waals surface area contributed by atoms with Crippen LogP contribution >= 0.6 is 0 Å². The zero-order chi connectivity index (χ0) is 14.9. The number of aromatic amines is 1. The van der Waals surface area contributed by atoms with Crippen LogP contribution in [0.5, 0.6) is 0 Å². The maximum atomic E-state index is 12.0. The summed E-state index contributed by atoms with van der Waals surface area (Å²) in [6.07, 6.45) is 5.99. The van der Waals surface area contributed by atoms with Gasteiger partial charge in [-0.25, -0.2) is 4.98 Å². The highest BCUT2D eigenvalue weighted by Gasteiger charge is 2.18. The van der Waals surface area contributed by atoms with Crippen LogP contribution in [0.15, 0.2) is 42.7 Å². The number of aryl methyl sites for hydroxylation is 1. The SMILES string of the molecule is O=C1CCCc2ccc(-c3nc(-c4cccnc4)n[nH]3)cc21. The van der Waals surface area contributed by atoms with Gasteiger partial charge in [0.05, 0.1) is 0 Å². The number of H-pyrrole nitrogens is 1. The van der Waals surface area contributed by atoms with Crippen LogP contribution in [0, 0.1) is 0 Å². The molecule has 22 heavy (non-hydrogen) atoms. The Kier molecular flexibility index (Phi) is 3.04. The third-order valence-electron chi connectivity index (χ3n) is 3.94. The average molecular weight is 290 g/mol. The first-order valence-electron chi connectivity index (χ1n) is 7.30. The fraction of sp³-hybridized carbons (Fsp3) is 0.176. The third kappa shape index (κ3) is 2.20. The summed E-state index contributed by atoms with van der Waals surface area (Å²) >= 11 is 0. The van der Waals surface area contributed by atoms with E-state index in [1.54, 1.807) is 12.4 Å². The van der Waals surface area contributed by atoms with Crippen molar-refractivity contribution in [2.75, 3.05) is 0 Å². The standard InChI is InChI=1S/C17H14N4O/c22-15-5-1-3-11-6-7-12(9-14(11)15)16-19-17(21-20-16)13-4-2-8-18-10-13/h2,4,6-10H,1,3,5H2,(H,19,20,21). The minimum absolute atomic E-state index is 0.218. The van der Waals surface area contributed by atoms with Crippen LogP contribution in [0.3, 0.4) is 0 Å². The normalized spacial score (nSPS) is 13.9. The molecule has 2 heterocycles. The Labute approximate surface area is 127 Å². The Hall–Kier alpha value is -2.82. The van der Waals surface area contributed by atoms with E-state index in [-0.39, 0.29) is 5.78 Å². The van der Waals surface area contributed by atoms with Crippen LogP contribution in [0.1, 0.15) is 28.8 Å². The molecule has 0 unspecified atom stereocenters. The summed E-state index contributed by atoms with van der Waals surface area (Å²) in [7, 11) is 0. The van der Waals surface area contributed by atoms with Crippen LogP contribution < -0.4 is 0 Å². The van der Waals surface area contributed by atoms with Crippen molar-refractivity contribution in [3.05, 3.63) is 53.9 Å². The van der Waals surface area contributed by atoms with Crippen LogP contribution in [-0.4, -0.2) is 25.9 Å². The lowest BCUT2D eigenvalue weighted by molar-refractivity contribution is 0.0972. The monoisotopic (exact) mass is 290 g/mol. The van der Waals surface area contributed by atoms with Crippen LogP contribution in [-0.2, 0) is 6.42 Å². The molecule has 0 saturated carbocycles. The topological polar surface area (TPSA) is 71.5 Å². The van der Waals surface area contributed by atoms with Crippen molar-refractivity contribution < 1.29 is 4.79 Å². The number of nitrogens with zero attached hydrogens (tertiary/aromatic N) is 3. The van der Waals surface area contributed by atoms with E-state index >= 15 is 0 Å². The van der Waals surface area contributed by atoms with E-state index in [0.717, 1.165) is 35.1 Å². The Bertz CT molecular complexity index is 839. The number of rotatable bonds is 2. The van der Waals surface area contributed by atoms with Crippen molar-refractivity contribution >= 4 is 5.78 Å². The number of benzene rings is 1. The van der Waals surface area contributed by atoms with Crippen LogP contribution in [0.25, 0.3) is 22.8 Å². The lowest BCUT2D eigenvalue weighted by atomic mass is 9.89. The molecule has 3 aromatic rings. The molecule has 4 rings (SSSR count). The second-order valence-electron chi connectivity index (χ2n) is 5.40. The molecule has 0 radical (unpaired) electrons. The number of carbonyl (C=O) groups is 1. The van der Waals surface area contributed by atoms with Gasteiger partial charge in [-0.15, -0.1) is 0 Å². The van der Waals surface area contributed by atoms with Gasteiger partial charge in [-0.05, 0) is 36.6 Å². The third-order valence-corrected chi connectivity index (χ3v) is 3.94. The van der Waals surface area contributed by atoms with E-state index in [9.17, 15) is 4.79 Å². The van der Waals surface area contributed by atoms with Gasteiger partial charge >= 0.3 is 0 Å². The molecule has 1 N–H and O–H groups in total. The Morgan fingerprint density at radius 1 is 1.09 bits per heavy atom. The molecule has 1 aliphatic carbocycles. The summed E-state index contributed by atoms with van der Waals surface area (Å²) < 4.78 is 0. The molecule has 108 valence electrons. The number of aromatic nitrogens is 4. The molecule has 5 heteroatoms. The largest absolute Gasteiger partial charge is 0.294 e. The second kappa shape index (κ2) is 5.18. The first kappa shape index (κ1) is 12.9. The van der Waals surface area contributed by atoms with Gasteiger partial charge in [-0.1, -0.05) is 12.1 Å². The van der Waals surface area contributed by atoms with Gasteiger partial charge in [0.2, 0.25) is 0 Å². The van der Waals surface area contributed by atoms with E-state index in [0.29, 0.717) is 18.1 Å². The smallest absolute Gasteiger partial charge is 0.183 e. The zero-order valence-electron chi connectivity index (χ0n) is 11.9. The molecule has 0 spiro atoms. The lowest BCUT2D eigenvalue weighted by Gasteiger charge is -2.14. The highest BCUT2D eigenvalue weighted by molar-refractivity contribution is 5.99. The molecule has 0 fully saturated rings. The number of hydrogen-bond donors (Lipinski definition) is 1. The minimum Gasteiger partial charge on any atom is -0.294 e. The molecule has 0 bridgehead atoms. The highest BCUT2D eigenvalue weighted by atomic mass is 16.1. The Morgan fingerprint density at radius 3 is 2.91 bits per heavy atom. The van der Waals surface area contributed by atoms with Gasteiger partial charge in [0.1, 0.15) is 0 Å². The number of Topliss-reactive ketones (excluding diaryl/α,β-unsaturated/α-hetero) is 1. The molecule has 1 aromatic carbocycles. The fourth-order valence-corrected chi connectivity index (χ4v) is 2.79. The van der Waals surface area contributed by atoms with Gasteiger partial charge in [-0.2, -0.15) is 5.10 Å². The van der Waals surface area contributed by atoms with Gasteiger partial charge in [0, 0.05) is 35.5 Å². The minimum atomic E-state index is 0.218. The maximum Gasteiger partial charge on any atom is 0.183 e. The quantitative estimate of drug-likeness (QED) is 0.787. The Morgan fingerprint density at radius 2 is 2.05 bits per heavy atom. The second-order valence-corrected chi connectivity index (χ2v) is 5.40. The Balaban J connectivity index is 1.73. The number of ketones is 1. The number of fused-ring (bicyclic) bond motifs is 1. The first-order valence-corrected chi connectivity index (χ1v) is 7.30. The molecule has 0 atom stereocenters. The predicted molar refractivity (Wildman–Crippen MR) is 82.3 cm³/mol. The maximum absolute atomic E-state index is 12.0. The van der Waals surface area contributed by atoms with E-state index in [4.69, 9.17) is 0 Å². The fourth-order valence-electron chi connectivity index (χ4n) is 2.79. The lowest BCUT2D eigenvalue weighted by Crippen LogP contribution is -2.10. The number of pyridine rings is 1. The summed E-state index contributed by atoms with van der Waals surface area (Å²) in [6.45, 7) is 0. The van der Waals surface area contributed by atoms with Crippen molar-refractivity contribution in [2.24, 2.45) is 0 Å². The van der Waals surface area contributed by atoms with Crippen molar-refractivity contribution in [3.63, 3.8) is 0 Å². The van der Waals surface area contributed by atoms with Crippen molar-refractivity contribution in [1.29, 1.82) is 0 Å². The van der Waals surface area contributed by atoms with Gasteiger partial charge < -0.3 is 0 Å². The zero-order valence-corrected chi connectivity index (χ0v) is 11.9. The first-order chi connectivity index (χ1) is 10.8. The molecule has 2 aromatic heterocycles. The van der Waals surface area contributed by atoms with Gasteiger partial charge in [0.25, 0.3) is 0 Å². The highest BCUT2D eigenvalue weighted by Crippen LogP contribution is 2.26.